The Morgan fingerprint density at radius 1 is 0.818 bits per heavy atom. The molecule has 10 heteroatoms. The third-order valence-electron chi connectivity index (χ3n) is 2.91. The molecule has 0 aliphatic carbocycles. The van der Waals surface area contributed by atoms with Crippen molar-refractivity contribution in [2.75, 3.05) is 26.4 Å². The van der Waals surface area contributed by atoms with Gasteiger partial charge in [0.05, 0.1) is 13.2 Å². The minimum Gasteiger partial charge on any atom is -0.396 e. The van der Waals surface area contributed by atoms with Crippen molar-refractivity contribution in [1.29, 1.82) is 0 Å². The second-order valence-electron chi connectivity index (χ2n) is 4.77. The lowest BCUT2D eigenvalue weighted by molar-refractivity contribution is 0.256. The third kappa shape index (κ3) is 9.01. The summed E-state index contributed by atoms with van der Waals surface area (Å²) in [5, 5.41) is 16.4. The Labute approximate surface area is 132 Å². The lowest BCUT2D eigenvalue weighted by Crippen LogP contribution is -2.31. The molecule has 0 aromatic rings. The molecule has 0 spiro atoms. The van der Waals surface area contributed by atoms with Crippen molar-refractivity contribution in [3.8, 4) is 0 Å². The van der Waals surface area contributed by atoms with Gasteiger partial charge in [0.25, 0.3) is 20.2 Å². The Balaban J connectivity index is 0.000000534. The minimum atomic E-state index is -4.08. The molecule has 0 bridgehead atoms. The second kappa shape index (κ2) is 11.3. The molecule has 1 aliphatic rings. The SMILES string of the molecule is CC1S(=O)(=O)OCCCCCOS1(=O)=O.OCCCCCO. The van der Waals surface area contributed by atoms with Gasteiger partial charge in [-0.2, -0.15) is 16.8 Å². The van der Waals surface area contributed by atoms with Gasteiger partial charge in [-0.15, -0.1) is 0 Å². The van der Waals surface area contributed by atoms with Crippen LogP contribution in [0.1, 0.15) is 45.4 Å². The molecule has 0 amide bonds. The van der Waals surface area contributed by atoms with Crippen LogP contribution in [0.4, 0.5) is 0 Å². The van der Waals surface area contributed by atoms with Crippen LogP contribution in [0.5, 0.6) is 0 Å². The van der Waals surface area contributed by atoms with Crippen molar-refractivity contribution in [2.24, 2.45) is 0 Å². The first-order chi connectivity index (χ1) is 10.3. The van der Waals surface area contributed by atoms with E-state index >= 15 is 0 Å². The monoisotopic (exact) mass is 362 g/mol. The Kier molecular flexibility index (Phi) is 11.2. The van der Waals surface area contributed by atoms with Crippen LogP contribution >= 0.6 is 0 Å². The van der Waals surface area contributed by atoms with Gasteiger partial charge in [0.2, 0.25) is 4.58 Å². The third-order valence-corrected chi connectivity index (χ3v) is 6.94. The molecule has 0 atom stereocenters. The summed E-state index contributed by atoms with van der Waals surface area (Å²) in [6.45, 7) is 1.61. The normalized spacial score (nSPS) is 22.3. The molecule has 1 rings (SSSR count). The summed E-state index contributed by atoms with van der Waals surface area (Å²) in [6, 6.07) is 0. The highest BCUT2D eigenvalue weighted by molar-refractivity contribution is 8.04. The molecule has 0 aromatic carbocycles. The van der Waals surface area contributed by atoms with E-state index in [0.29, 0.717) is 19.3 Å². The van der Waals surface area contributed by atoms with Gasteiger partial charge >= 0.3 is 0 Å². The fourth-order valence-electron chi connectivity index (χ4n) is 1.47. The summed E-state index contributed by atoms with van der Waals surface area (Å²) in [7, 11) is -8.16. The molecule has 0 unspecified atom stereocenters. The van der Waals surface area contributed by atoms with Crippen LogP contribution in [0.15, 0.2) is 0 Å². The van der Waals surface area contributed by atoms with E-state index in [0.717, 1.165) is 26.2 Å². The Hall–Kier alpha value is -0.260. The zero-order chi connectivity index (χ0) is 17.1. The highest BCUT2D eigenvalue weighted by Crippen LogP contribution is 2.16. The molecular weight excluding hydrogens is 336 g/mol. The summed E-state index contributed by atoms with van der Waals surface area (Å²) in [5.41, 5.74) is 0. The highest BCUT2D eigenvalue weighted by atomic mass is 32.3. The van der Waals surface area contributed by atoms with Gasteiger partial charge < -0.3 is 10.2 Å². The first-order valence-electron chi connectivity index (χ1n) is 7.26. The average Bonchev–Trinajstić information content (AvgIpc) is 2.46. The number of hydrogen-bond acceptors (Lipinski definition) is 8. The van der Waals surface area contributed by atoms with E-state index in [-0.39, 0.29) is 26.4 Å². The maximum Gasteiger partial charge on any atom is 0.287 e. The highest BCUT2D eigenvalue weighted by Gasteiger charge is 2.35. The second-order valence-corrected chi connectivity index (χ2v) is 8.92. The average molecular weight is 362 g/mol. The molecule has 8 nitrogen and oxygen atoms in total. The molecule has 22 heavy (non-hydrogen) atoms. The largest absolute Gasteiger partial charge is 0.396 e. The van der Waals surface area contributed by atoms with E-state index in [1.54, 1.807) is 0 Å². The summed E-state index contributed by atoms with van der Waals surface area (Å²) in [4.78, 5) is 0. The Bertz CT molecular complexity index is 429. The van der Waals surface area contributed by atoms with Gasteiger partial charge in [0.15, 0.2) is 0 Å². The first-order valence-corrected chi connectivity index (χ1v) is 10.2. The molecule has 134 valence electrons. The predicted octanol–water partition coefficient (Wildman–Crippen LogP) is 0.350. The maximum atomic E-state index is 11.4. The molecular formula is C12H26O8S2. The molecule has 0 aromatic heterocycles. The summed E-state index contributed by atoms with van der Waals surface area (Å²) < 4.78 is 52.9. The van der Waals surface area contributed by atoms with Gasteiger partial charge in [-0.25, -0.2) is 0 Å². The van der Waals surface area contributed by atoms with Gasteiger partial charge in [0.1, 0.15) is 0 Å². The molecule has 0 radical (unpaired) electrons. The van der Waals surface area contributed by atoms with Crippen LogP contribution in [0, 0.1) is 0 Å². The van der Waals surface area contributed by atoms with Crippen molar-refractivity contribution in [3.63, 3.8) is 0 Å². The fourth-order valence-corrected chi connectivity index (χ4v) is 4.04. The zero-order valence-corrected chi connectivity index (χ0v) is 14.4. The van der Waals surface area contributed by atoms with Crippen molar-refractivity contribution < 1.29 is 35.4 Å². The van der Waals surface area contributed by atoms with E-state index in [9.17, 15) is 16.8 Å². The van der Waals surface area contributed by atoms with E-state index in [1.165, 1.54) is 0 Å². The lowest BCUT2D eigenvalue weighted by Gasteiger charge is -2.15. The molecule has 2 N–H and O–H groups in total. The molecule has 1 fully saturated rings. The first kappa shape index (κ1) is 21.7. The van der Waals surface area contributed by atoms with Gasteiger partial charge in [-0.3, -0.25) is 8.37 Å². The van der Waals surface area contributed by atoms with Gasteiger partial charge in [0, 0.05) is 13.2 Å². The molecule has 1 aliphatic heterocycles. The zero-order valence-electron chi connectivity index (χ0n) is 12.8. The number of aliphatic hydroxyl groups is 2. The fraction of sp³-hybridized carbons (Fsp3) is 1.00. The number of unbranched alkanes of at least 4 members (excludes halogenated alkanes) is 2. The van der Waals surface area contributed by atoms with Crippen molar-refractivity contribution >= 4 is 20.2 Å². The van der Waals surface area contributed by atoms with E-state index in [4.69, 9.17) is 10.2 Å². The van der Waals surface area contributed by atoms with E-state index in [2.05, 4.69) is 8.37 Å². The van der Waals surface area contributed by atoms with Gasteiger partial charge in [-0.1, -0.05) is 0 Å². The smallest absolute Gasteiger partial charge is 0.287 e. The number of rotatable bonds is 4. The standard InChI is InChI=1S/C7H14O6S2.C5H12O2/c1-7-14(8,9)12-5-3-2-4-6-13-15(7,10)11;6-4-2-1-3-5-7/h7H,2-6H2,1H3;6-7H,1-5H2. The number of aliphatic hydroxyl groups excluding tert-OH is 2. The van der Waals surface area contributed by atoms with Crippen LogP contribution in [-0.2, 0) is 28.6 Å². The predicted molar refractivity (Wildman–Crippen MR) is 81.1 cm³/mol. The summed E-state index contributed by atoms with van der Waals surface area (Å²) >= 11 is 0. The van der Waals surface area contributed by atoms with Crippen molar-refractivity contribution in [3.05, 3.63) is 0 Å². The van der Waals surface area contributed by atoms with Gasteiger partial charge in [-0.05, 0) is 45.4 Å². The Morgan fingerprint density at radius 3 is 1.59 bits per heavy atom. The number of hydrogen-bond donors (Lipinski definition) is 2. The van der Waals surface area contributed by atoms with E-state index < -0.39 is 24.8 Å². The molecule has 1 heterocycles. The van der Waals surface area contributed by atoms with Crippen LogP contribution < -0.4 is 0 Å². The molecule has 0 saturated carbocycles. The summed E-state index contributed by atoms with van der Waals surface area (Å²) in [5.74, 6) is 0. The van der Waals surface area contributed by atoms with Crippen LogP contribution in [0.2, 0.25) is 0 Å². The lowest BCUT2D eigenvalue weighted by atomic mass is 10.2. The van der Waals surface area contributed by atoms with Crippen LogP contribution in [-0.4, -0.2) is 58.1 Å². The minimum absolute atomic E-state index is 0.0300. The Morgan fingerprint density at radius 2 is 1.23 bits per heavy atom. The van der Waals surface area contributed by atoms with Crippen molar-refractivity contribution in [1.82, 2.24) is 0 Å². The quantitative estimate of drug-likeness (QED) is 0.542. The summed E-state index contributed by atoms with van der Waals surface area (Å²) in [6.07, 6.45) is 4.41. The maximum absolute atomic E-state index is 11.4. The van der Waals surface area contributed by atoms with Crippen LogP contribution in [0.25, 0.3) is 0 Å². The topological polar surface area (TPSA) is 127 Å². The van der Waals surface area contributed by atoms with Crippen LogP contribution in [0.3, 0.4) is 0 Å². The van der Waals surface area contributed by atoms with E-state index in [1.807, 2.05) is 0 Å². The van der Waals surface area contributed by atoms with Crippen molar-refractivity contribution in [2.45, 2.75) is 50.0 Å². The molecule has 1 saturated heterocycles.